The third-order valence-electron chi connectivity index (χ3n) is 3.28. The normalized spacial score (nSPS) is 10.8. The lowest BCUT2D eigenvalue weighted by molar-refractivity contribution is -0.119. The summed E-state index contributed by atoms with van der Waals surface area (Å²) in [5.74, 6) is -0.0215. The molecule has 0 aliphatic rings. The Bertz CT molecular complexity index is 928. The van der Waals surface area contributed by atoms with Crippen molar-refractivity contribution in [2.45, 2.75) is 0 Å². The van der Waals surface area contributed by atoms with E-state index in [0.29, 0.717) is 16.4 Å². The van der Waals surface area contributed by atoms with Crippen molar-refractivity contribution >= 4 is 44.5 Å². The second-order valence-electron chi connectivity index (χ2n) is 5.21. The van der Waals surface area contributed by atoms with Crippen molar-refractivity contribution in [3.8, 4) is 17.0 Å². The molecule has 3 aromatic rings. The van der Waals surface area contributed by atoms with Gasteiger partial charge in [0.1, 0.15) is 5.75 Å². The molecule has 0 bridgehead atoms. The summed E-state index contributed by atoms with van der Waals surface area (Å²) in [5.41, 5.74) is 10.7. The van der Waals surface area contributed by atoms with Gasteiger partial charge in [-0.2, -0.15) is 5.10 Å². The fourth-order valence-electron chi connectivity index (χ4n) is 2.12. The van der Waals surface area contributed by atoms with E-state index in [2.05, 4.69) is 31.4 Å². The highest BCUT2D eigenvalue weighted by Gasteiger charge is 2.06. The van der Waals surface area contributed by atoms with Crippen LogP contribution < -0.4 is 15.9 Å². The van der Waals surface area contributed by atoms with Crippen LogP contribution in [0.15, 0.2) is 63.5 Å². The van der Waals surface area contributed by atoms with E-state index in [4.69, 9.17) is 10.5 Å². The molecule has 0 spiro atoms. The number of halogens is 1. The summed E-state index contributed by atoms with van der Waals surface area (Å²) in [7, 11) is 0. The molecule has 1 amide bonds. The van der Waals surface area contributed by atoms with Crippen LogP contribution in [0.3, 0.4) is 0 Å². The van der Waals surface area contributed by atoms with Crippen molar-refractivity contribution in [3.63, 3.8) is 0 Å². The summed E-state index contributed by atoms with van der Waals surface area (Å²) < 4.78 is 6.26. The molecule has 3 N–H and O–H groups in total. The second kappa shape index (κ2) is 8.59. The third kappa shape index (κ3) is 4.90. The van der Waals surface area contributed by atoms with Crippen LogP contribution in [0.2, 0.25) is 0 Å². The number of carbonyl (C=O) groups is 1. The molecule has 0 saturated carbocycles. The largest absolute Gasteiger partial charge is 0.483 e. The number of rotatable bonds is 7. The van der Waals surface area contributed by atoms with Gasteiger partial charge in [-0.05, 0) is 18.2 Å². The SMILES string of the molecule is NC(=O)COc1ccc(Br)cc1C=NNc1nc(-c2ccccc2)cs1. The summed E-state index contributed by atoms with van der Waals surface area (Å²) in [6.07, 6.45) is 1.60. The van der Waals surface area contributed by atoms with Gasteiger partial charge in [-0.25, -0.2) is 4.98 Å². The zero-order valence-electron chi connectivity index (χ0n) is 13.6. The highest BCUT2D eigenvalue weighted by atomic mass is 79.9. The zero-order chi connectivity index (χ0) is 18.4. The summed E-state index contributed by atoms with van der Waals surface area (Å²) in [6, 6.07) is 15.3. The number of ether oxygens (including phenoxy) is 1. The maximum Gasteiger partial charge on any atom is 0.255 e. The minimum Gasteiger partial charge on any atom is -0.483 e. The molecule has 0 radical (unpaired) electrons. The first-order chi connectivity index (χ1) is 12.6. The lowest BCUT2D eigenvalue weighted by atomic mass is 10.2. The van der Waals surface area contributed by atoms with Crippen LogP contribution in [0.5, 0.6) is 5.75 Å². The molecule has 0 saturated heterocycles. The molecule has 6 nitrogen and oxygen atoms in total. The minimum absolute atomic E-state index is 0.192. The minimum atomic E-state index is -0.537. The first kappa shape index (κ1) is 18.1. The topological polar surface area (TPSA) is 89.6 Å². The van der Waals surface area contributed by atoms with Crippen LogP contribution in [-0.4, -0.2) is 23.7 Å². The Morgan fingerprint density at radius 3 is 2.88 bits per heavy atom. The monoisotopic (exact) mass is 430 g/mol. The third-order valence-corrected chi connectivity index (χ3v) is 4.52. The number of nitrogens with zero attached hydrogens (tertiary/aromatic N) is 2. The number of amides is 1. The number of hydrogen-bond acceptors (Lipinski definition) is 6. The zero-order valence-corrected chi connectivity index (χ0v) is 16.0. The molecule has 0 unspecified atom stereocenters. The Kier molecular flexibility index (Phi) is 5.98. The molecule has 0 aliphatic heterocycles. The Balaban J connectivity index is 1.70. The average molecular weight is 431 g/mol. The number of hydrogen-bond donors (Lipinski definition) is 2. The number of aromatic nitrogens is 1. The van der Waals surface area contributed by atoms with Gasteiger partial charge in [-0.1, -0.05) is 46.3 Å². The Morgan fingerprint density at radius 2 is 2.12 bits per heavy atom. The highest BCUT2D eigenvalue weighted by molar-refractivity contribution is 9.10. The number of nitrogens with one attached hydrogen (secondary N) is 1. The van der Waals surface area contributed by atoms with E-state index >= 15 is 0 Å². The Labute approximate surface area is 162 Å². The Hall–Kier alpha value is -2.71. The molecule has 26 heavy (non-hydrogen) atoms. The van der Waals surface area contributed by atoms with E-state index in [1.807, 2.05) is 47.8 Å². The smallest absolute Gasteiger partial charge is 0.255 e. The molecule has 2 aromatic carbocycles. The molecule has 0 fully saturated rings. The van der Waals surface area contributed by atoms with Gasteiger partial charge in [-0.15, -0.1) is 11.3 Å². The predicted octanol–water partition coefficient (Wildman–Crippen LogP) is 3.88. The quantitative estimate of drug-likeness (QED) is 0.439. The molecule has 3 rings (SSSR count). The number of benzene rings is 2. The molecule has 1 heterocycles. The van der Waals surface area contributed by atoms with Crippen molar-refractivity contribution in [2.24, 2.45) is 10.8 Å². The number of primary amides is 1. The number of anilines is 1. The first-order valence-electron chi connectivity index (χ1n) is 7.62. The lowest BCUT2D eigenvalue weighted by Crippen LogP contribution is -2.20. The highest BCUT2D eigenvalue weighted by Crippen LogP contribution is 2.25. The van der Waals surface area contributed by atoms with Gasteiger partial charge in [0.25, 0.3) is 5.91 Å². The van der Waals surface area contributed by atoms with Crippen molar-refractivity contribution < 1.29 is 9.53 Å². The standard InChI is InChI=1S/C18H15BrN4O2S/c19-14-6-7-16(25-10-17(20)24)13(8-14)9-21-23-18-22-15(11-26-18)12-4-2-1-3-5-12/h1-9,11H,10H2,(H2,20,24)(H,22,23). The number of hydrazone groups is 1. The lowest BCUT2D eigenvalue weighted by Gasteiger charge is -2.07. The van der Waals surface area contributed by atoms with Crippen LogP contribution >= 0.6 is 27.3 Å². The van der Waals surface area contributed by atoms with E-state index < -0.39 is 5.91 Å². The molecule has 1 aromatic heterocycles. The van der Waals surface area contributed by atoms with Gasteiger partial charge in [0, 0.05) is 21.0 Å². The molecule has 0 atom stereocenters. The second-order valence-corrected chi connectivity index (χ2v) is 6.98. The van der Waals surface area contributed by atoms with Crippen molar-refractivity contribution in [1.82, 2.24) is 4.98 Å². The summed E-state index contributed by atoms with van der Waals surface area (Å²) in [4.78, 5) is 15.4. The van der Waals surface area contributed by atoms with Gasteiger partial charge in [0.15, 0.2) is 6.61 Å². The molecular formula is C18H15BrN4O2S. The van der Waals surface area contributed by atoms with Gasteiger partial charge in [-0.3, -0.25) is 10.2 Å². The maximum atomic E-state index is 10.9. The number of carbonyl (C=O) groups excluding carboxylic acids is 1. The predicted molar refractivity (Wildman–Crippen MR) is 108 cm³/mol. The van der Waals surface area contributed by atoms with Crippen LogP contribution in [0.4, 0.5) is 5.13 Å². The van der Waals surface area contributed by atoms with Crippen LogP contribution in [0.1, 0.15) is 5.56 Å². The summed E-state index contributed by atoms with van der Waals surface area (Å²) in [6.45, 7) is -0.192. The molecular weight excluding hydrogens is 416 g/mol. The molecule has 0 aliphatic carbocycles. The summed E-state index contributed by atoms with van der Waals surface area (Å²) >= 11 is 4.87. The van der Waals surface area contributed by atoms with Crippen molar-refractivity contribution in [2.75, 3.05) is 12.0 Å². The van der Waals surface area contributed by atoms with E-state index in [-0.39, 0.29) is 6.61 Å². The van der Waals surface area contributed by atoms with Gasteiger partial charge in [0.05, 0.1) is 11.9 Å². The van der Waals surface area contributed by atoms with Gasteiger partial charge >= 0.3 is 0 Å². The fraction of sp³-hybridized carbons (Fsp3) is 0.0556. The maximum absolute atomic E-state index is 10.9. The van der Waals surface area contributed by atoms with Gasteiger partial charge in [0.2, 0.25) is 5.13 Å². The first-order valence-corrected chi connectivity index (χ1v) is 9.30. The van der Waals surface area contributed by atoms with Gasteiger partial charge < -0.3 is 10.5 Å². The van der Waals surface area contributed by atoms with Crippen LogP contribution in [0.25, 0.3) is 11.3 Å². The Morgan fingerprint density at radius 1 is 1.31 bits per heavy atom. The van der Waals surface area contributed by atoms with E-state index in [1.54, 1.807) is 12.3 Å². The van der Waals surface area contributed by atoms with E-state index in [0.717, 1.165) is 15.7 Å². The number of thiazole rings is 1. The van der Waals surface area contributed by atoms with Crippen molar-refractivity contribution in [3.05, 3.63) is 63.9 Å². The summed E-state index contributed by atoms with van der Waals surface area (Å²) in [5, 5.41) is 6.85. The number of nitrogens with two attached hydrogens (primary N) is 1. The fourth-order valence-corrected chi connectivity index (χ4v) is 3.17. The average Bonchev–Trinajstić information content (AvgIpc) is 3.10. The van der Waals surface area contributed by atoms with Crippen molar-refractivity contribution in [1.29, 1.82) is 0 Å². The van der Waals surface area contributed by atoms with E-state index in [1.165, 1.54) is 11.3 Å². The molecule has 8 heteroatoms. The van der Waals surface area contributed by atoms with Crippen LogP contribution in [-0.2, 0) is 4.79 Å². The molecule has 132 valence electrons. The van der Waals surface area contributed by atoms with Crippen LogP contribution in [0, 0.1) is 0 Å². The van der Waals surface area contributed by atoms with E-state index in [9.17, 15) is 4.79 Å².